The maximum atomic E-state index is 13.4. The van der Waals surface area contributed by atoms with Gasteiger partial charge in [-0.1, -0.05) is 42.5 Å². The van der Waals surface area contributed by atoms with Gasteiger partial charge in [-0.2, -0.15) is 0 Å². The van der Waals surface area contributed by atoms with Crippen LogP contribution in [0.4, 0.5) is 11.4 Å². The standard InChI is InChI=1S/C26H31N3O3S/c1-4-28(5-2)23-16-14-22(15-17-23)19-27-26(30)20-29(24-11-9-10-21(3)18-24)33(31,32)25-12-7-6-8-13-25/h6-18H,4-5,19-20H2,1-3H3,(H,27,30). The van der Waals surface area contributed by atoms with Gasteiger partial charge in [-0.05, 0) is 68.3 Å². The van der Waals surface area contributed by atoms with Gasteiger partial charge in [0, 0.05) is 25.3 Å². The Morgan fingerprint density at radius 2 is 1.52 bits per heavy atom. The zero-order chi connectivity index (χ0) is 23.8. The average molecular weight is 466 g/mol. The van der Waals surface area contributed by atoms with Crippen molar-refractivity contribution >= 4 is 27.3 Å². The maximum Gasteiger partial charge on any atom is 0.264 e. The zero-order valence-corrected chi connectivity index (χ0v) is 20.2. The number of amides is 1. The van der Waals surface area contributed by atoms with Crippen LogP contribution in [0.15, 0.2) is 83.8 Å². The van der Waals surface area contributed by atoms with E-state index >= 15 is 0 Å². The Hall–Kier alpha value is -3.32. The summed E-state index contributed by atoms with van der Waals surface area (Å²) in [7, 11) is -3.90. The Bertz CT molecular complexity index is 1160. The van der Waals surface area contributed by atoms with Gasteiger partial charge >= 0.3 is 0 Å². The lowest BCUT2D eigenvalue weighted by Gasteiger charge is -2.24. The van der Waals surface area contributed by atoms with Gasteiger partial charge in [0.15, 0.2) is 0 Å². The van der Waals surface area contributed by atoms with Crippen molar-refractivity contribution in [1.29, 1.82) is 0 Å². The molecule has 0 spiro atoms. The van der Waals surface area contributed by atoms with E-state index in [-0.39, 0.29) is 17.3 Å². The van der Waals surface area contributed by atoms with Crippen molar-refractivity contribution in [2.24, 2.45) is 0 Å². The molecule has 0 aromatic heterocycles. The Morgan fingerprint density at radius 3 is 2.12 bits per heavy atom. The van der Waals surface area contributed by atoms with Crippen molar-refractivity contribution in [3.8, 4) is 0 Å². The van der Waals surface area contributed by atoms with Crippen molar-refractivity contribution in [3.63, 3.8) is 0 Å². The van der Waals surface area contributed by atoms with Crippen LogP contribution < -0.4 is 14.5 Å². The first-order valence-electron chi connectivity index (χ1n) is 11.1. The number of hydrogen-bond donors (Lipinski definition) is 1. The largest absolute Gasteiger partial charge is 0.372 e. The lowest BCUT2D eigenvalue weighted by Crippen LogP contribution is -2.40. The summed E-state index contributed by atoms with van der Waals surface area (Å²) < 4.78 is 27.9. The molecule has 3 aromatic carbocycles. The second kappa shape index (κ2) is 11.0. The summed E-state index contributed by atoms with van der Waals surface area (Å²) >= 11 is 0. The number of nitrogens with one attached hydrogen (secondary N) is 1. The number of anilines is 2. The van der Waals surface area contributed by atoms with Crippen molar-refractivity contribution < 1.29 is 13.2 Å². The lowest BCUT2D eigenvalue weighted by molar-refractivity contribution is -0.119. The van der Waals surface area contributed by atoms with Crippen LogP contribution in [0.3, 0.4) is 0 Å². The SMILES string of the molecule is CCN(CC)c1ccc(CNC(=O)CN(c2cccc(C)c2)S(=O)(=O)c2ccccc2)cc1. The van der Waals surface area contributed by atoms with Crippen LogP contribution in [-0.4, -0.2) is 34.0 Å². The summed E-state index contributed by atoms with van der Waals surface area (Å²) in [6, 6.07) is 23.3. The molecule has 0 heterocycles. The fourth-order valence-electron chi connectivity index (χ4n) is 3.62. The predicted octanol–water partition coefficient (Wildman–Crippen LogP) is 4.35. The molecule has 3 aromatic rings. The summed E-state index contributed by atoms with van der Waals surface area (Å²) in [5, 5.41) is 2.86. The normalized spacial score (nSPS) is 11.1. The van der Waals surface area contributed by atoms with Crippen LogP contribution in [0.25, 0.3) is 0 Å². The Labute approximate surface area is 196 Å². The maximum absolute atomic E-state index is 13.4. The zero-order valence-electron chi connectivity index (χ0n) is 19.4. The second-order valence-electron chi connectivity index (χ2n) is 7.78. The molecule has 0 saturated heterocycles. The summed E-state index contributed by atoms with van der Waals surface area (Å²) in [4.78, 5) is 15.2. The molecular weight excluding hydrogens is 434 g/mol. The van der Waals surface area contributed by atoms with Crippen molar-refractivity contribution in [1.82, 2.24) is 5.32 Å². The highest BCUT2D eigenvalue weighted by Gasteiger charge is 2.27. The van der Waals surface area contributed by atoms with Crippen LogP contribution in [0.2, 0.25) is 0 Å². The van der Waals surface area contributed by atoms with E-state index in [2.05, 4.69) is 24.1 Å². The van der Waals surface area contributed by atoms with E-state index in [4.69, 9.17) is 0 Å². The second-order valence-corrected chi connectivity index (χ2v) is 9.64. The molecule has 1 amide bonds. The first-order chi connectivity index (χ1) is 15.8. The number of aryl methyl sites for hydroxylation is 1. The third-order valence-corrected chi connectivity index (χ3v) is 7.25. The van der Waals surface area contributed by atoms with Crippen molar-refractivity contribution in [2.45, 2.75) is 32.2 Å². The van der Waals surface area contributed by atoms with E-state index in [1.54, 1.807) is 36.4 Å². The molecule has 0 aliphatic carbocycles. The predicted molar refractivity (Wildman–Crippen MR) is 134 cm³/mol. The number of carbonyl (C=O) groups is 1. The molecule has 0 aliphatic rings. The van der Waals surface area contributed by atoms with E-state index in [9.17, 15) is 13.2 Å². The molecular formula is C26H31N3O3S. The molecule has 0 aliphatic heterocycles. The van der Waals surface area contributed by atoms with Crippen LogP contribution >= 0.6 is 0 Å². The van der Waals surface area contributed by atoms with Crippen LogP contribution in [0.5, 0.6) is 0 Å². The molecule has 0 atom stereocenters. The van der Waals surface area contributed by atoms with Gasteiger partial charge in [0.25, 0.3) is 10.0 Å². The fourth-order valence-corrected chi connectivity index (χ4v) is 5.05. The molecule has 7 heteroatoms. The molecule has 0 unspecified atom stereocenters. The summed E-state index contributed by atoms with van der Waals surface area (Å²) in [6.07, 6.45) is 0. The Kier molecular flexibility index (Phi) is 8.11. The van der Waals surface area contributed by atoms with E-state index in [0.717, 1.165) is 34.2 Å². The first kappa shape index (κ1) is 24.3. The third kappa shape index (κ3) is 6.14. The molecule has 33 heavy (non-hydrogen) atoms. The molecule has 0 radical (unpaired) electrons. The number of rotatable bonds is 10. The van der Waals surface area contributed by atoms with E-state index in [1.807, 2.05) is 37.3 Å². The Morgan fingerprint density at radius 1 is 0.848 bits per heavy atom. The van der Waals surface area contributed by atoms with Gasteiger partial charge in [0.05, 0.1) is 10.6 Å². The highest BCUT2D eigenvalue weighted by molar-refractivity contribution is 7.92. The highest BCUT2D eigenvalue weighted by Crippen LogP contribution is 2.24. The monoisotopic (exact) mass is 465 g/mol. The molecule has 174 valence electrons. The molecule has 0 saturated carbocycles. The molecule has 6 nitrogen and oxygen atoms in total. The van der Waals surface area contributed by atoms with Crippen LogP contribution in [0, 0.1) is 6.92 Å². The van der Waals surface area contributed by atoms with Crippen LogP contribution in [0.1, 0.15) is 25.0 Å². The fraction of sp³-hybridized carbons (Fsp3) is 0.269. The number of sulfonamides is 1. The number of hydrogen-bond acceptors (Lipinski definition) is 4. The molecule has 0 bridgehead atoms. The number of benzene rings is 3. The summed E-state index contributed by atoms with van der Waals surface area (Å²) in [5.74, 6) is -0.371. The average Bonchev–Trinajstić information content (AvgIpc) is 2.83. The smallest absolute Gasteiger partial charge is 0.264 e. The van der Waals surface area contributed by atoms with Gasteiger partial charge in [0.1, 0.15) is 6.54 Å². The minimum atomic E-state index is -3.90. The van der Waals surface area contributed by atoms with E-state index in [0.29, 0.717) is 12.2 Å². The summed E-state index contributed by atoms with van der Waals surface area (Å²) in [5.41, 5.74) is 3.45. The van der Waals surface area contributed by atoms with Crippen LogP contribution in [-0.2, 0) is 21.4 Å². The molecule has 1 N–H and O–H groups in total. The van der Waals surface area contributed by atoms with Gasteiger partial charge < -0.3 is 10.2 Å². The van der Waals surface area contributed by atoms with Gasteiger partial charge in [0.2, 0.25) is 5.91 Å². The molecule has 3 rings (SSSR count). The minimum absolute atomic E-state index is 0.145. The Balaban J connectivity index is 1.76. The number of carbonyl (C=O) groups excluding carboxylic acids is 1. The number of nitrogens with zero attached hydrogens (tertiary/aromatic N) is 2. The van der Waals surface area contributed by atoms with Gasteiger partial charge in [-0.3, -0.25) is 9.10 Å². The molecule has 0 fully saturated rings. The van der Waals surface area contributed by atoms with E-state index < -0.39 is 10.0 Å². The highest BCUT2D eigenvalue weighted by atomic mass is 32.2. The topological polar surface area (TPSA) is 69.7 Å². The first-order valence-corrected chi connectivity index (χ1v) is 12.5. The van der Waals surface area contributed by atoms with Gasteiger partial charge in [-0.15, -0.1) is 0 Å². The summed E-state index contributed by atoms with van der Waals surface area (Å²) in [6.45, 7) is 7.98. The van der Waals surface area contributed by atoms with Crippen molar-refractivity contribution in [3.05, 3.63) is 90.0 Å². The lowest BCUT2D eigenvalue weighted by atomic mass is 10.2. The minimum Gasteiger partial charge on any atom is -0.372 e. The van der Waals surface area contributed by atoms with E-state index in [1.165, 1.54) is 12.1 Å². The van der Waals surface area contributed by atoms with Crippen molar-refractivity contribution in [2.75, 3.05) is 28.8 Å². The third-order valence-electron chi connectivity index (χ3n) is 5.46. The quantitative estimate of drug-likeness (QED) is 0.483. The van der Waals surface area contributed by atoms with Gasteiger partial charge in [-0.25, -0.2) is 8.42 Å².